The van der Waals surface area contributed by atoms with Gasteiger partial charge in [-0.05, 0) is 50.1 Å². The number of hydrogen-bond donors (Lipinski definition) is 0. The highest BCUT2D eigenvalue weighted by Crippen LogP contribution is 2.30. The maximum Gasteiger partial charge on any atom is 0.184 e. The number of benzene rings is 1. The van der Waals surface area contributed by atoms with E-state index in [1.54, 1.807) is 0 Å². The first kappa shape index (κ1) is 15.0. The highest BCUT2D eigenvalue weighted by atomic mass is 35.5. The van der Waals surface area contributed by atoms with Gasteiger partial charge in [0.1, 0.15) is 5.52 Å². The summed E-state index contributed by atoms with van der Waals surface area (Å²) in [7, 11) is 0. The summed E-state index contributed by atoms with van der Waals surface area (Å²) in [5.41, 5.74) is 6.05. The summed E-state index contributed by atoms with van der Waals surface area (Å²) in [6.07, 6.45) is 0.930. The molecule has 0 aliphatic rings. The fourth-order valence-electron chi connectivity index (χ4n) is 2.88. The first-order valence-electron chi connectivity index (χ1n) is 7.86. The summed E-state index contributed by atoms with van der Waals surface area (Å²) < 4.78 is 1.95. The molecule has 0 N–H and O–H groups in total. The predicted octanol–water partition coefficient (Wildman–Crippen LogP) is 4.17. The molecular formula is C18H16ClN5. The molecule has 0 atom stereocenters. The van der Waals surface area contributed by atoms with Crippen LogP contribution >= 0.6 is 11.6 Å². The Morgan fingerprint density at radius 3 is 2.62 bits per heavy atom. The van der Waals surface area contributed by atoms with Gasteiger partial charge in [-0.2, -0.15) is 0 Å². The minimum Gasteiger partial charge on any atom is -0.255 e. The van der Waals surface area contributed by atoms with Crippen LogP contribution in [0.2, 0.25) is 5.02 Å². The van der Waals surface area contributed by atoms with Crippen molar-refractivity contribution < 1.29 is 0 Å². The number of pyridine rings is 1. The monoisotopic (exact) mass is 337 g/mol. The molecule has 0 radical (unpaired) electrons. The van der Waals surface area contributed by atoms with Crippen LogP contribution in [0.4, 0.5) is 0 Å². The van der Waals surface area contributed by atoms with E-state index in [4.69, 9.17) is 11.6 Å². The SMILES string of the molecule is CCc1ccc(Cl)c(-c2nnc3c(C)nc4ccc(C)nc4n23)c1. The van der Waals surface area contributed by atoms with E-state index in [0.717, 1.165) is 34.5 Å². The molecule has 0 saturated carbocycles. The predicted molar refractivity (Wildman–Crippen MR) is 95.4 cm³/mol. The summed E-state index contributed by atoms with van der Waals surface area (Å²) in [6, 6.07) is 9.93. The van der Waals surface area contributed by atoms with E-state index in [1.165, 1.54) is 5.56 Å². The molecule has 3 heterocycles. The van der Waals surface area contributed by atoms with E-state index < -0.39 is 0 Å². The lowest BCUT2D eigenvalue weighted by Gasteiger charge is -2.08. The van der Waals surface area contributed by atoms with Gasteiger partial charge in [0.05, 0.1) is 10.7 Å². The third-order valence-electron chi connectivity index (χ3n) is 4.16. The second kappa shape index (κ2) is 5.53. The van der Waals surface area contributed by atoms with Gasteiger partial charge < -0.3 is 0 Å². The number of aryl methyl sites for hydroxylation is 3. The van der Waals surface area contributed by atoms with E-state index in [9.17, 15) is 0 Å². The number of hydrogen-bond acceptors (Lipinski definition) is 4. The Labute approximate surface area is 144 Å². The lowest BCUT2D eigenvalue weighted by Crippen LogP contribution is -2.00. The number of fused-ring (bicyclic) bond motifs is 3. The van der Waals surface area contributed by atoms with Crippen LogP contribution < -0.4 is 0 Å². The van der Waals surface area contributed by atoms with E-state index >= 15 is 0 Å². The minimum atomic E-state index is 0.650. The Kier molecular flexibility index (Phi) is 3.46. The fraction of sp³-hybridized carbons (Fsp3) is 0.222. The van der Waals surface area contributed by atoms with Gasteiger partial charge in [0.15, 0.2) is 17.1 Å². The summed E-state index contributed by atoms with van der Waals surface area (Å²) in [4.78, 5) is 9.24. The van der Waals surface area contributed by atoms with Gasteiger partial charge in [0, 0.05) is 11.3 Å². The molecule has 24 heavy (non-hydrogen) atoms. The van der Waals surface area contributed by atoms with Crippen molar-refractivity contribution in [2.24, 2.45) is 0 Å². The zero-order valence-corrected chi connectivity index (χ0v) is 14.5. The molecule has 0 aliphatic carbocycles. The lowest BCUT2D eigenvalue weighted by atomic mass is 10.1. The van der Waals surface area contributed by atoms with E-state index in [1.807, 2.05) is 42.5 Å². The zero-order valence-electron chi connectivity index (χ0n) is 13.7. The van der Waals surface area contributed by atoms with Gasteiger partial charge in [0.25, 0.3) is 0 Å². The molecule has 6 heteroatoms. The molecule has 3 aromatic heterocycles. The quantitative estimate of drug-likeness (QED) is 0.551. The fourth-order valence-corrected chi connectivity index (χ4v) is 3.08. The smallest absolute Gasteiger partial charge is 0.184 e. The van der Waals surface area contributed by atoms with Crippen molar-refractivity contribution in [2.45, 2.75) is 27.2 Å². The Morgan fingerprint density at radius 2 is 1.83 bits per heavy atom. The average Bonchev–Trinajstić information content (AvgIpc) is 3.02. The summed E-state index contributed by atoms with van der Waals surface area (Å²) >= 11 is 6.45. The molecule has 0 saturated heterocycles. The van der Waals surface area contributed by atoms with Crippen molar-refractivity contribution in [2.75, 3.05) is 0 Å². The first-order chi connectivity index (χ1) is 11.6. The van der Waals surface area contributed by atoms with Crippen LogP contribution in [0.15, 0.2) is 30.3 Å². The highest BCUT2D eigenvalue weighted by Gasteiger charge is 2.17. The molecular weight excluding hydrogens is 322 g/mol. The second-order valence-electron chi connectivity index (χ2n) is 5.84. The van der Waals surface area contributed by atoms with Gasteiger partial charge >= 0.3 is 0 Å². The average molecular weight is 338 g/mol. The lowest BCUT2D eigenvalue weighted by molar-refractivity contribution is 1.09. The summed E-state index contributed by atoms with van der Waals surface area (Å²) in [5, 5.41) is 9.36. The first-order valence-corrected chi connectivity index (χ1v) is 8.24. The van der Waals surface area contributed by atoms with Gasteiger partial charge in [-0.15, -0.1) is 10.2 Å². The Morgan fingerprint density at radius 1 is 1.00 bits per heavy atom. The standard InChI is InChI=1S/C18H16ClN5/c1-4-12-6-7-14(19)13(9-12)17-23-22-16-11(3)21-15-8-5-10(2)20-18(15)24(16)17/h5-9H,4H2,1-3H3. The van der Waals surface area contributed by atoms with Crippen LogP contribution in [0, 0.1) is 13.8 Å². The van der Waals surface area contributed by atoms with Gasteiger partial charge in [-0.3, -0.25) is 4.40 Å². The van der Waals surface area contributed by atoms with Crippen LogP contribution in [0.5, 0.6) is 0 Å². The molecule has 0 amide bonds. The molecule has 5 nitrogen and oxygen atoms in total. The largest absolute Gasteiger partial charge is 0.255 e. The van der Waals surface area contributed by atoms with E-state index in [2.05, 4.69) is 33.2 Å². The van der Waals surface area contributed by atoms with Crippen molar-refractivity contribution in [3.8, 4) is 11.4 Å². The molecule has 1 aromatic carbocycles. The van der Waals surface area contributed by atoms with Gasteiger partial charge in [0.2, 0.25) is 0 Å². The maximum absolute atomic E-state index is 6.45. The van der Waals surface area contributed by atoms with Crippen LogP contribution in [-0.2, 0) is 6.42 Å². The molecule has 120 valence electrons. The number of halogens is 1. The van der Waals surface area contributed by atoms with E-state index in [0.29, 0.717) is 16.5 Å². The summed E-state index contributed by atoms with van der Waals surface area (Å²) in [5.74, 6) is 0.693. The van der Waals surface area contributed by atoms with Crippen molar-refractivity contribution >= 4 is 28.4 Å². The van der Waals surface area contributed by atoms with Crippen molar-refractivity contribution in [3.05, 3.63) is 52.3 Å². The molecule has 4 aromatic rings. The van der Waals surface area contributed by atoms with E-state index in [-0.39, 0.29) is 0 Å². The zero-order chi connectivity index (χ0) is 16.8. The highest BCUT2D eigenvalue weighted by molar-refractivity contribution is 6.33. The molecule has 0 fully saturated rings. The number of nitrogens with zero attached hydrogens (tertiary/aromatic N) is 5. The third-order valence-corrected chi connectivity index (χ3v) is 4.49. The Balaban J connectivity index is 2.14. The molecule has 0 bridgehead atoms. The Hall–Kier alpha value is -2.53. The van der Waals surface area contributed by atoms with Crippen LogP contribution in [0.1, 0.15) is 23.9 Å². The molecule has 0 aliphatic heterocycles. The molecule has 4 rings (SSSR count). The van der Waals surface area contributed by atoms with Crippen molar-refractivity contribution in [1.29, 1.82) is 0 Å². The van der Waals surface area contributed by atoms with Crippen LogP contribution in [-0.4, -0.2) is 24.6 Å². The number of rotatable bonds is 2. The molecule has 0 unspecified atom stereocenters. The van der Waals surface area contributed by atoms with Crippen molar-refractivity contribution in [3.63, 3.8) is 0 Å². The maximum atomic E-state index is 6.45. The third kappa shape index (κ3) is 2.24. The van der Waals surface area contributed by atoms with Crippen LogP contribution in [0.3, 0.4) is 0 Å². The second-order valence-corrected chi connectivity index (χ2v) is 6.25. The Bertz CT molecular complexity index is 1080. The normalized spacial score (nSPS) is 11.5. The summed E-state index contributed by atoms with van der Waals surface area (Å²) in [6.45, 7) is 6.00. The van der Waals surface area contributed by atoms with Gasteiger partial charge in [-0.1, -0.05) is 24.6 Å². The molecule has 0 spiro atoms. The number of aromatic nitrogens is 5. The topological polar surface area (TPSA) is 56.0 Å². The van der Waals surface area contributed by atoms with Crippen LogP contribution in [0.25, 0.3) is 28.2 Å². The van der Waals surface area contributed by atoms with Gasteiger partial charge in [-0.25, -0.2) is 9.97 Å². The minimum absolute atomic E-state index is 0.650. The van der Waals surface area contributed by atoms with Crippen molar-refractivity contribution in [1.82, 2.24) is 24.6 Å².